The van der Waals surface area contributed by atoms with E-state index in [1.54, 1.807) is 11.3 Å². The van der Waals surface area contributed by atoms with Crippen molar-refractivity contribution in [1.82, 2.24) is 15.2 Å². The molecule has 0 unspecified atom stereocenters. The first-order chi connectivity index (χ1) is 12.2. The number of nitrogens with one attached hydrogen (secondary N) is 2. The maximum Gasteiger partial charge on any atom is 0.254 e. The molecule has 1 atom stereocenters. The summed E-state index contributed by atoms with van der Waals surface area (Å²) in [5.41, 5.74) is 2.68. The fourth-order valence-corrected chi connectivity index (χ4v) is 3.95. The molecule has 0 saturated carbocycles. The second-order valence-electron chi connectivity index (χ2n) is 6.39. The fourth-order valence-electron chi connectivity index (χ4n) is 3.28. The molecule has 2 aromatic heterocycles. The van der Waals surface area contributed by atoms with Crippen molar-refractivity contribution in [1.29, 1.82) is 0 Å². The lowest BCUT2D eigenvalue weighted by Gasteiger charge is -2.17. The predicted octanol–water partition coefficient (Wildman–Crippen LogP) is 2.80. The third kappa shape index (κ3) is 3.44. The third-order valence-electron chi connectivity index (χ3n) is 4.59. The molecule has 2 amide bonds. The number of benzene rings is 1. The van der Waals surface area contributed by atoms with E-state index in [-0.39, 0.29) is 17.9 Å². The number of likely N-dealkylation sites (tertiary alicyclic amines) is 1. The zero-order chi connectivity index (χ0) is 17.2. The molecule has 1 fully saturated rings. The molecule has 3 aromatic rings. The van der Waals surface area contributed by atoms with Gasteiger partial charge in [-0.25, -0.2) is 0 Å². The van der Waals surface area contributed by atoms with Gasteiger partial charge in [-0.2, -0.15) is 11.3 Å². The summed E-state index contributed by atoms with van der Waals surface area (Å²) in [4.78, 5) is 29.8. The first-order valence-electron chi connectivity index (χ1n) is 8.36. The Hall–Kier alpha value is -2.60. The van der Waals surface area contributed by atoms with Crippen LogP contribution in [0.1, 0.15) is 22.3 Å². The van der Waals surface area contributed by atoms with Crippen LogP contribution in [0.25, 0.3) is 10.9 Å². The van der Waals surface area contributed by atoms with Gasteiger partial charge in [0, 0.05) is 36.4 Å². The summed E-state index contributed by atoms with van der Waals surface area (Å²) < 4.78 is 0. The lowest BCUT2D eigenvalue weighted by Crippen LogP contribution is -2.39. The standard InChI is InChI=1S/C19H19N3O2S/c23-18(9-13-5-8-25-12-13)21-16-4-7-22(11-16)19(24)15-2-1-14-3-6-20-17(14)10-15/h1-3,5-6,8,10,12,16,20H,4,7,9,11H2,(H,21,23)/t16-/m0/s1. The fraction of sp³-hybridized carbons (Fsp3) is 0.263. The summed E-state index contributed by atoms with van der Waals surface area (Å²) >= 11 is 1.59. The highest BCUT2D eigenvalue weighted by Gasteiger charge is 2.28. The SMILES string of the molecule is O=C(Cc1ccsc1)N[C@H]1CCN(C(=O)c2ccc3cc[nH]c3c2)C1. The number of fused-ring (bicyclic) bond motifs is 1. The molecule has 2 N–H and O–H groups in total. The number of aromatic amines is 1. The van der Waals surface area contributed by atoms with Crippen molar-refractivity contribution < 1.29 is 9.59 Å². The average Bonchev–Trinajstić information content (AvgIpc) is 3.35. The minimum Gasteiger partial charge on any atom is -0.361 e. The first-order valence-corrected chi connectivity index (χ1v) is 9.30. The molecule has 1 aromatic carbocycles. The monoisotopic (exact) mass is 353 g/mol. The minimum absolute atomic E-state index is 0.0190. The quantitative estimate of drug-likeness (QED) is 0.757. The van der Waals surface area contributed by atoms with Gasteiger partial charge in [-0.1, -0.05) is 6.07 Å². The zero-order valence-electron chi connectivity index (χ0n) is 13.7. The smallest absolute Gasteiger partial charge is 0.254 e. The molecule has 0 spiro atoms. The van der Waals surface area contributed by atoms with Crippen molar-refractivity contribution in [2.24, 2.45) is 0 Å². The van der Waals surface area contributed by atoms with Crippen molar-refractivity contribution in [3.63, 3.8) is 0 Å². The highest BCUT2D eigenvalue weighted by molar-refractivity contribution is 7.08. The van der Waals surface area contributed by atoms with Gasteiger partial charge in [0.2, 0.25) is 5.91 Å². The molecule has 5 nitrogen and oxygen atoms in total. The Bertz CT molecular complexity index is 900. The number of H-pyrrole nitrogens is 1. The van der Waals surface area contributed by atoms with Crippen LogP contribution in [-0.2, 0) is 11.2 Å². The van der Waals surface area contributed by atoms with E-state index in [9.17, 15) is 9.59 Å². The summed E-state index contributed by atoms with van der Waals surface area (Å²) in [6.07, 6.45) is 3.07. The summed E-state index contributed by atoms with van der Waals surface area (Å²) in [5, 5.41) is 8.10. The van der Waals surface area contributed by atoms with Crippen LogP contribution in [0, 0.1) is 0 Å². The van der Waals surface area contributed by atoms with Crippen LogP contribution in [0.3, 0.4) is 0 Å². The van der Waals surface area contributed by atoms with Crippen molar-refractivity contribution in [3.8, 4) is 0 Å². The van der Waals surface area contributed by atoms with Gasteiger partial charge in [-0.05, 0) is 52.4 Å². The molecule has 1 saturated heterocycles. The Morgan fingerprint density at radius 2 is 2.20 bits per heavy atom. The Labute approximate surface area is 149 Å². The summed E-state index contributed by atoms with van der Waals surface area (Å²) in [6, 6.07) is 9.68. The van der Waals surface area contributed by atoms with E-state index in [2.05, 4.69) is 10.3 Å². The minimum atomic E-state index is 0.0190. The van der Waals surface area contributed by atoms with Crippen LogP contribution in [0.4, 0.5) is 0 Å². The van der Waals surface area contributed by atoms with E-state index in [1.165, 1.54) is 0 Å². The van der Waals surface area contributed by atoms with Gasteiger partial charge in [0.05, 0.1) is 6.42 Å². The molecular weight excluding hydrogens is 334 g/mol. The van der Waals surface area contributed by atoms with Crippen LogP contribution in [0.2, 0.25) is 0 Å². The maximum absolute atomic E-state index is 12.7. The second-order valence-corrected chi connectivity index (χ2v) is 7.17. The van der Waals surface area contributed by atoms with Crippen LogP contribution in [0.5, 0.6) is 0 Å². The van der Waals surface area contributed by atoms with E-state index in [0.717, 1.165) is 22.9 Å². The molecule has 6 heteroatoms. The third-order valence-corrected chi connectivity index (χ3v) is 5.32. The number of hydrogen-bond acceptors (Lipinski definition) is 3. The number of carbonyl (C=O) groups is 2. The number of nitrogens with zero attached hydrogens (tertiary/aromatic N) is 1. The summed E-state index contributed by atoms with van der Waals surface area (Å²) in [5.74, 6) is 0.0385. The molecule has 0 bridgehead atoms. The van der Waals surface area contributed by atoms with Crippen LogP contribution in [-0.4, -0.2) is 40.8 Å². The number of carbonyl (C=O) groups excluding carboxylic acids is 2. The normalized spacial score (nSPS) is 17.1. The zero-order valence-corrected chi connectivity index (χ0v) is 14.5. The van der Waals surface area contributed by atoms with Gasteiger partial charge in [-0.15, -0.1) is 0 Å². The van der Waals surface area contributed by atoms with E-state index >= 15 is 0 Å². The average molecular weight is 353 g/mol. The number of amides is 2. The van der Waals surface area contributed by atoms with E-state index in [1.807, 2.05) is 52.2 Å². The van der Waals surface area contributed by atoms with Crippen LogP contribution in [0.15, 0.2) is 47.3 Å². The number of rotatable bonds is 4. The van der Waals surface area contributed by atoms with Gasteiger partial charge in [-0.3, -0.25) is 9.59 Å². The van der Waals surface area contributed by atoms with Crippen molar-refractivity contribution in [2.75, 3.05) is 13.1 Å². The molecule has 1 aliphatic heterocycles. The van der Waals surface area contributed by atoms with Crippen LogP contribution < -0.4 is 5.32 Å². The molecule has 1 aliphatic rings. The largest absolute Gasteiger partial charge is 0.361 e. The van der Waals surface area contributed by atoms with Crippen molar-refractivity contribution in [2.45, 2.75) is 18.9 Å². The van der Waals surface area contributed by atoms with Gasteiger partial charge in [0.15, 0.2) is 0 Å². The Morgan fingerprint density at radius 1 is 1.28 bits per heavy atom. The van der Waals surface area contributed by atoms with Gasteiger partial charge in [0.1, 0.15) is 0 Å². The van der Waals surface area contributed by atoms with Crippen molar-refractivity contribution in [3.05, 3.63) is 58.4 Å². The number of thiophene rings is 1. The Morgan fingerprint density at radius 3 is 3.04 bits per heavy atom. The summed E-state index contributed by atoms with van der Waals surface area (Å²) in [6.45, 7) is 1.24. The first kappa shape index (κ1) is 15.9. The molecule has 0 aliphatic carbocycles. The topological polar surface area (TPSA) is 65.2 Å². The molecular formula is C19H19N3O2S. The van der Waals surface area contributed by atoms with Gasteiger partial charge < -0.3 is 15.2 Å². The molecule has 3 heterocycles. The lowest BCUT2D eigenvalue weighted by atomic mass is 10.1. The van der Waals surface area contributed by atoms with Gasteiger partial charge in [0.25, 0.3) is 5.91 Å². The molecule has 4 rings (SSSR count). The Kier molecular flexibility index (Phi) is 4.28. The van der Waals surface area contributed by atoms with Crippen molar-refractivity contribution >= 4 is 34.1 Å². The lowest BCUT2D eigenvalue weighted by molar-refractivity contribution is -0.121. The predicted molar refractivity (Wildman–Crippen MR) is 98.8 cm³/mol. The second kappa shape index (κ2) is 6.72. The Balaban J connectivity index is 1.36. The van der Waals surface area contributed by atoms with E-state index in [0.29, 0.717) is 25.1 Å². The highest BCUT2D eigenvalue weighted by atomic mass is 32.1. The molecule has 0 radical (unpaired) electrons. The maximum atomic E-state index is 12.7. The van der Waals surface area contributed by atoms with Gasteiger partial charge >= 0.3 is 0 Å². The number of aromatic nitrogens is 1. The number of hydrogen-bond donors (Lipinski definition) is 2. The van der Waals surface area contributed by atoms with E-state index in [4.69, 9.17) is 0 Å². The molecule has 128 valence electrons. The van der Waals surface area contributed by atoms with Crippen LogP contribution >= 0.6 is 11.3 Å². The highest BCUT2D eigenvalue weighted by Crippen LogP contribution is 2.18. The molecule has 25 heavy (non-hydrogen) atoms. The summed E-state index contributed by atoms with van der Waals surface area (Å²) in [7, 11) is 0. The van der Waals surface area contributed by atoms with E-state index < -0.39 is 0 Å².